The Morgan fingerprint density at radius 1 is 0.595 bits per heavy atom. The van der Waals surface area contributed by atoms with Gasteiger partial charge in [0.1, 0.15) is 0 Å². The molecule has 0 aliphatic carbocycles. The predicted octanol–water partition coefficient (Wildman–Crippen LogP) is 7.71. The third-order valence-corrected chi connectivity index (χ3v) is 10.3. The van der Waals surface area contributed by atoms with Crippen molar-refractivity contribution in [2.75, 3.05) is 26.4 Å². The normalized spacial score (nSPS) is 20.4. The fraction of sp³-hybridized carbons (Fsp3) is 1.00. The van der Waals surface area contributed by atoms with Gasteiger partial charge in [0.05, 0.1) is 0 Å². The first-order valence-electron chi connectivity index (χ1n) is 16.0. The van der Waals surface area contributed by atoms with Gasteiger partial charge in [0.25, 0.3) is 0 Å². The van der Waals surface area contributed by atoms with Crippen LogP contribution in [0.15, 0.2) is 0 Å². The van der Waals surface area contributed by atoms with Gasteiger partial charge >= 0.3 is 0 Å². The molecule has 4 N–H and O–H groups in total. The van der Waals surface area contributed by atoms with Gasteiger partial charge in [-0.3, -0.25) is 0 Å². The van der Waals surface area contributed by atoms with Crippen LogP contribution in [0.5, 0.6) is 0 Å². The average Bonchev–Trinajstić information content (AvgIpc) is 2.87. The maximum absolute atomic E-state index is 10.7. The van der Waals surface area contributed by atoms with E-state index in [2.05, 4.69) is 55.4 Å². The molecule has 0 aromatic heterocycles. The largest absolute Gasteiger partial charge is 0.396 e. The lowest BCUT2D eigenvalue weighted by Gasteiger charge is -2.43. The molecule has 0 aromatic carbocycles. The lowest BCUT2D eigenvalue weighted by atomic mass is 9.63. The van der Waals surface area contributed by atoms with Crippen LogP contribution in [0.1, 0.15) is 132 Å². The van der Waals surface area contributed by atoms with Gasteiger partial charge in [-0.05, 0) is 97.7 Å². The van der Waals surface area contributed by atoms with Crippen LogP contribution < -0.4 is 0 Å². The highest BCUT2D eigenvalue weighted by Crippen LogP contribution is 2.45. The summed E-state index contributed by atoms with van der Waals surface area (Å²) in [5, 5.41) is 38.9. The fourth-order valence-corrected chi connectivity index (χ4v) is 6.85. The minimum atomic E-state index is -0.0757. The van der Waals surface area contributed by atoms with E-state index in [1.54, 1.807) is 0 Å². The molecule has 0 rings (SSSR count). The summed E-state index contributed by atoms with van der Waals surface area (Å²) >= 11 is 0. The molecule has 0 amide bonds. The summed E-state index contributed by atoms with van der Waals surface area (Å²) < 4.78 is 0. The first-order chi connectivity index (χ1) is 17.5. The highest BCUT2D eigenvalue weighted by Gasteiger charge is 2.38. The zero-order valence-electron chi connectivity index (χ0n) is 26.2. The molecule has 0 aliphatic heterocycles. The molecule has 4 nitrogen and oxygen atoms in total. The van der Waals surface area contributed by atoms with Crippen molar-refractivity contribution in [2.24, 2.45) is 52.8 Å². The Kier molecular flexibility index (Phi) is 20.6. The first-order valence-corrected chi connectivity index (χ1v) is 16.0. The number of hydrogen-bond donors (Lipinski definition) is 4. The van der Waals surface area contributed by atoms with Crippen LogP contribution in [0, 0.1) is 52.8 Å². The lowest BCUT2D eigenvalue weighted by molar-refractivity contribution is 0.0156. The van der Waals surface area contributed by atoms with Crippen LogP contribution in [0.2, 0.25) is 0 Å². The highest BCUT2D eigenvalue weighted by molar-refractivity contribution is 4.88. The van der Waals surface area contributed by atoms with Crippen molar-refractivity contribution >= 4 is 0 Å². The predicted molar refractivity (Wildman–Crippen MR) is 159 cm³/mol. The van der Waals surface area contributed by atoms with Crippen molar-refractivity contribution in [2.45, 2.75) is 132 Å². The van der Waals surface area contributed by atoms with Gasteiger partial charge < -0.3 is 20.4 Å². The van der Waals surface area contributed by atoms with E-state index in [9.17, 15) is 20.4 Å². The van der Waals surface area contributed by atoms with E-state index in [-0.39, 0.29) is 31.8 Å². The van der Waals surface area contributed by atoms with Gasteiger partial charge in [0, 0.05) is 26.4 Å². The molecule has 0 bridgehead atoms. The van der Waals surface area contributed by atoms with Crippen molar-refractivity contribution in [1.82, 2.24) is 0 Å². The van der Waals surface area contributed by atoms with Crippen LogP contribution in [-0.4, -0.2) is 46.9 Å². The van der Waals surface area contributed by atoms with Gasteiger partial charge in [0.2, 0.25) is 0 Å². The summed E-state index contributed by atoms with van der Waals surface area (Å²) in [6, 6.07) is 0. The number of hydrogen-bond acceptors (Lipinski definition) is 4. The molecule has 9 atom stereocenters. The highest BCUT2D eigenvalue weighted by atomic mass is 16.3. The zero-order chi connectivity index (χ0) is 28.4. The van der Waals surface area contributed by atoms with Gasteiger partial charge in [-0.25, -0.2) is 0 Å². The molecule has 0 fully saturated rings. The molecule has 4 heteroatoms. The maximum Gasteiger partial charge on any atom is 0.0487 e. The number of aliphatic hydroxyl groups excluding tert-OH is 4. The number of rotatable bonds is 24. The second-order valence-corrected chi connectivity index (χ2v) is 13.4. The van der Waals surface area contributed by atoms with Crippen LogP contribution in [0.25, 0.3) is 0 Å². The van der Waals surface area contributed by atoms with Crippen LogP contribution in [0.3, 0.4) is 0 Å². The molecule has 0 heterocycles. The molecular formula is C33H68O4. The summed E-state index contributed by atoms with van der Waals surface area (Å²) in [5.74, 6) is 4.53. The smallest absolute Gasteiger partial charge is 0.0487 e. The molecule has 0 radical (unpaired) electrons. The number of aliphatic hydroxyl groups is 4. The van der Waals surface area contributed by atoms with Gasteiger partial charge in [-0.15, -0.1) is 0 Å². The van der Waals surface area contributed by atoms with Crippen molar-refractivity contribution in [3.63, 3.8) is 0 Å². The topological polar surface area (TPSA) is 80.9 Å². The van der Waals surface area contributed by atoms with E-state index in [4.69, 9.17) is 0 Å². The first kappa shape index (κ1) is 36.8. The van der Waals surface area contributed by atoms with Crippen LogP contribution >= 0.6 is 0 Å². The van der Waals surface area contributed by atoms with Crippen molar-refractivity contribution in [1.29, 1.82) is 0 Å². The van der Waals surface area contributed by atoms with Gasteiger partial charge in [0.15, 0.2) is 0 Å². The molecule has 9 unspecified atom stereocenters. The fourth-order valence-electron chi connectivity index (χ4n) is 6.85. The summed E-state index contributed by atoms with van der Waals surface area (Å²) in [7, 11) is 0. The Balaban J connectivity index is 5.44. The Hall–Kier alpha value is -0.160. The molecule has 0 spiro atoms. The second kappa shape index (κ2) is 20.7. The summed E-state index contributed by atoms with van der Waals surface area (Å²) in [4.78, 5) is 0. The summed E-state index contributed by atoms with van der Waals surface area (Å²) in [6.07, 6.45) is 13.0. The quantitative estimate of drug-likeness (QED) is 0.103. The third-order valence-electron chi connectivity index (χ3n) is 10.3. The molecule has 0 saturated carbocycles. The van der Waals surface area contributed by atoms with Crippen molar-refractivity contribution < 1.29 is 20.4 Å². The minimum Gasteiger partial charge on any atom is -0.396 e. The summed E-state index contributed by atoms with van der Waals surface area (Å²) in [6.45, 7) is 19.5. The van der Waals surface area contributed by atoms with E-state index in [1.807, 2.05) is 0 Å². The molecule has 0 aliphatic rings. The maximum atomic E-state index is 10.7. The Morgan fingerprint density at radius 2 is 1.14 bits per heavy atom. The Morgan fingerprint density at radius 3 is 1.59 bits per heavy atom. The third kappa shape index (κ3) is 14.2. The average molecular weight is 529 g/mol. The second-order valence-electron chi connectivity index (χ2n) is 13.4. The Labute approximate surface area is 232 Å². The summed E-state index contributed by atoms with van der Waals surface area (Å²) in [5.41, 5.74) is -0.0757. The van der Waals surface area contributed by atoms with E-state index in [0.29, 0.717) is 47.3 Å². The monoisotopic (exact) mass is 529 g/mol. The molecule has 224 valence electrons. The van der Waals surface area contributed by atoms with Gasteiger partial charge in [-0.2, -0.15) is 0 Å². The van der Waals surface area contributed by atoms with Gasteiger partial charge in [-0.1, -0.05) is 87.5 Å². The van der Waals surface area contributed by atoms with Crippen molar-refractivity contribution in [3.05, 3.63) is 0 Å². The van der Waals surface area contributed by atoms with Crippen molar-refractivity contribution in [3.8, 4) is 0 Å². The molecule has 37 heavy (non-hydrogen) atoms. The van der Waals surface area contributed by atoms with E-state index in [1.165, 1.54) is 19.3 Å². The lowest BCUT2D eigenvalue weighted by Crippen LogP contribution is -2.37. The zero-order valence-corrected chi connectivity index (χ0v) is 26.2. The Bertz CT molecular complexity index is 526. The molecular weight excluding hydrogens is 460 g/mol. The molecule has 0 saturated heterocycles. The van der Waals surface area contributed by atoms with E-state index in [0.717, 1.165) is 57.8 Å². The minimum absolute atomic E-state index is 0.0757. The SMILES string of the molecule is CCC(CCCC(C)(CO)C(CC)C(CCC(C)CCO)CC(C)C(C)CCO)CC(C)C(C)CCO. The van der Waals surface area contributed by atoms with Crippen LogP contribution in [0.4, 0.5) is 0 Å². The molecule has 0 aromatic rings. The van der Waals surface area contributed by atoms with E-state index >= 15 is 0 Å². The van der Waals surface area contributed by atoms with E-state index < -0.39 is 0 Å². The van der Waals surface area contributed by atoms with Crippen LogP contribution in [-0.2, 0) is 0 Å². The standard InChI is InChI=1S/C33H68O4/c1-9-30(22-28(6)26(4)16-20-35)12-11-18-33(8,24-37)32(10-2)31(14-13-25(3)15-19-34)23-29(7)27(5)17-21-36/h25-32,34-37H,9-24H2,1-8H3.